The molecule has 2 amide bonds. The first-order valence-electron chi connectivity index (χ1n) is 9.85. The van der Waals surface area contributed by atoms with Crippen LogP contribution < -0.4 is 20.3 Å². The third-order valence-corrected chi connectivity index (χ3v) is 7.41. The van der Waals surface area contributed by atoms with Crippen LogP contribution in [-0.2, 0) is 34.6 Å². The maximum Gasteiger partial charge on any atom is 0.253 e. The molecular formula is C20H32N4O6S. The minimum Gasteiger partial charge on any atom is -0.358 e. The maximum absolute atomic E-state index is 13.7. The molecule has 1 heterocycles. The van der Waals surface area contributed by atoms with Gasteiger partial charge in [-0.15, -0.1) is 0 Å². The van der Waals surface area contributed by atoms with Crippen molar-refractivity contribution in [1.29, 1.82) is 0 Å². The van der Waals surface area contributed by atoms with E-state index >= 15 is 0 Å². The van der Waals surface area contributed by atoms with Gasteiger partial charge in [-0.25, -0.2) is 13.1 Å². The van der Waals surface area contributed by atoms with Gasteiger partial charge >= 0.3 is 0 Å². The monoisotopic (exact) mass is 456 g/mol. The number of amides is 2. The van der Waals surface area contributed by atoms with Gasteiger partial charge in [0.1, 0.15) is 12.1 Å². The van der Waals surface area contributed by atoms with Crippen molar-refractivity contribution in [1.82, 2.24) is 15.4 Å². The van der Waals surface area contributed by atoms with E-state index in [4.69, 9.17) is 9.47 Å². The predicted octanol–water partition coefficient (Wildman–Crippen LogP) is -0.0991. The van der Waals surface area contributed by atoms with Gasteiger partial charge in [-0.1, -0.05) is 18.2 Å². The number of anilines is 1. The van der Waals surface area contributed by atoms with Gasteiger partial charge in [0.25, 0.3) is 5.91 Å². The number of methoxy groups -OCH3 is 2. The Morgan fingerprint density at radius 1 is 1.19 bits per heavy atom. The van der Waals surface area contributed by atoms with Crippen molar-refractivity contribution in [2.45, 2.75) is 37.3 Å². The van der Waals surface area contributed by atoms with Gasteiger partial charge in [-0.2, -0.15) is 0 Å². The molecule has 31 heavy (non-hydrogen) atoms. The molecule has 0 bridgehead atoms. The highest BCUT2D eigenvalue weighted by Crippen LogP contribution is 2.40. The minimum absolute atomic E-state index is 0.109. The highest BCUT2D eigenvalue weighted by Gasteiger charge is 2.52. The summed E-state index contributed by atoms with van der Waals surface area (Å²) in [6, 6.07) is 6.98. The molecule has 3 N–H and O–H groups in total. The molecule has 174 valence electrons. The number of hydrogen-bond donors (Lipinski definition) is 3. The Bertz CT molecular complexity index is 910. The van der Waals surface area contributed by atoms with Crippen molar-refractivity contribution in [2.75, 3.05) is 45.8 Å². The van der Waals surface area contributed by atoms with E-state index in [1.165, 1.54) is 26.2 Å². The fourth-order valence-corrected chi connectivity index (χ4v) is 4.09. The van der Waals surface area contributed by atoms with E-state index in [2.05, 4.69) is 15.4 Å². The molecule has 1 aliphatic rings. The van der Waals surface area contributed by atoms with Crippen molar-refractivity contribution in [3.05, 3.63) is 29.8 Å². The number of nitrogens with one attached hydrogen (secondary N) is 3. The highest BCUT2D eigenvalue weighted by molar-refractivity contribution is 7.90. The van der Waals surface area contributed by atoms with Crippen LogP contribution in [0.5, 0.6) is 0 Å². The van der Waals surface area contributed by atoms with Crippen LogP contribution in [0, 0.1) is 0 Å². The average Bonchev–Trinajstić information content (AvgIpc) is 2.95. The summed E-state index contributed by atoms with van der Waals surface area (Å²) in [5.74, 6) is -0.791. The molecule has 1 aromatic carbocycles. The molecule has 1 aliphatic heterocycles. The first kappa shape index (κ1) is 25.2. The predicted molar refractivity (Wildman–Crippen MR) is 117 cm³/mol. The molecule has 0 aromatic heterocycles. The van der Waals surface area contributed by atoms with E-state index in [0.717, 1.165) is 0 Å². The molecule has 0 spiro atoms. The largest absolute Gasteiger partial charge is 0.358 e. The fraction of sp³-hybridized carbons (Fsp3) is 0.600. The Kier molecular flexibility index (Phi) is 7.82. The SMILES string of the molecule is CNC(=O)CN1C(=O)C(CNS(=O)(=O)C(C)(C)C)(NCC(OC)OC)c2ccccc21. The lowest BCUT2D eigenvalue weighted by Crippen LogP contribution is -2.60. The van der Waals surface area contributed by atoms with Gasteiger partial charge in [0, 0.05) is 45.6 Å². The number of carbonyl (C=O) groups excluding carboxylic acids is 2. The second-order valence-corrected chi connectivity index (χ2v) is 10.7. The molecule has 0 fully saturated rings. The minimum atomic E-state index is -3.75. The molecule has 2 rings (SSSR count). The van der Waals surface area contributed by atoms with Crippen LogP contribution >= 0.6 is 0 Å². The summed E-state index contributed by atoms with van der Waals surface area (Å²) in [6.07, 6.45) is -0.663. The maximum atomic E-state index is 13.7. The Hall–Kier alpha value is -2.05. The van der Waals surface area contributed by atoms with Gasteiger partial charge in [0.2, 0.25) is 15.9 Å². The molecule has 0 saturated carbocycles. The van der Waals surface area contributed by atoms with E-state index < -0.39 is 32.5 Å². The lowest BCUT2D eigenvalue weighted by atomic mass is 9.91. The van der Waals surface area contributed by atoms with Crippen LogP contribution in [0.25, 0.3) is 0 Å². The Morgan fingerprint density at radius 2 is 1.81 bits per heavy atom. The normalized spacial score (nSPS) is 19.1. The smallest absolute Gasteiger partial charge is 0.253 e. The number of para-hydroxylation sites is 1. The third-order valence-electron chi connectivity index (χ3n) is 5.28. The van der Waals surface area contributed by atoms with Crippen LogP contribution in [0.3, 0.4) is 0 Å². The molecule has 1 unspecified atom stereocenters. The molecule has 0 saturated heterocycles. The van der Waals surface area contributed by atoms with Crippen LogP contribution in [0.15, 0.2) is 24.3 Å². The summed E-state index contributed by atoms with van der Waals surface area (Å²) >= 11 is 0. The van der Waals surface area contributed by atoms with Crippen molar-refractivity contribution < 1.29 is 27.5 Å². The quantitative estimate of drug-likeness (QED) is 0.420. The summed E-state index contributed by atoms with van der Waals surface area (Å²) in [5, 5.41) is 5.66. The average molecular weight is 457 g/mol. The van der Waals surface area contributed by atoms with Gasteiger partial charge in [0.15, 0.2) is 6.29 Å². The molecule has 10 nitrogen and oxygen atoms in total. The fourth-order valence-electron chi connectivity index (χ4n) is 3.25. The van der Waals surface area contributed by atoms with Crippen LogP contribution in [0.2, 0.25) is 0 Å². The molecule has 1 aromatic rings. The Morgan fingerprint density at radius 3 is 2.35 bits per heavy atom. The first-order chi connectivity index (χ1) is 14.4. The number of carbonyl (C=O) groups is 2. The number of fused-ring (bicyclic) bond motifs is 1. The topological polar surface area (TPSA) is 126 Å². The zero-order chi connectivity index (χ0) is 23.4. The van der Waals surface area contributed by atoms with Gasteiger partial charge in [-0.3, -0.25) is 14.9 Å². The molecule has 11 heteroatoms. The zero-order valence-electron chi connectivity index (χ0n) is 18.8. The number of nitrogens with zero attached hydrogens (tertiary/aromatic N) is 1. The summed E-state index contributed by atoms with van der Waals surface area (Å²) in [7, 11) is 0.670. The number of hydrogen-bond acceptors (Lipinski definition) is 7. The van der Waals surface area contributed by atoms with Gasteiger partial charge in [-0.05, 0) is 26.8 Å². The van der Waals surface area contributed by atoms with Gasteiger partial charge < -0.3 is 19.7 Å². The zero-order valence-corrected chi connectivity index (χ0v) is 19.6. The van der Waals surface area contributed by atoms with Crippen LogP contribution in [-0.4, -0.2) is 72.2 Å². The van der Waals surface area contributed by atoms with Gasteiger partial charge in [0.05, 0.1) is 4.75 Å². The van der Waals surface area contributed by atoms with Crippen LogP contribution in [0.4, 0.5) is 5.69 Å². The summed E-state index contributed by atoms with van der Waals surface area (Å²) in [4.78, 5) is 27.1. The third kappa shape index (κ3) is 5.07. The van der Waals surface area contributed by atoms with E-state index in [9.17, 15) is 18.0 Å². The van der Waals surface area contributed by atoms with Crippen molar-refractivity contribution in [2.24, 2.45) is 0 Å². The second-order valence-electron chi connectivity index (χ2n) is 8.21. The molecule has 0 aliphatic carbocycles. The number of rotatable bonds is 10. The van der Waals surface area contributed by atoms with E-state index in [0.29, 0.717) is 11.3 Å². The van der Waals surface area contributed by atoms with E-state index in [1.54, 1.807) is 45.0 Å². The number of likely N-dealkylation sites (N-methyl/N-ethyl adjacent to an activating group) is 1. The number of ether oxygens (including phenoxy) is 2. The Balaban J connectivity index is 2.52. The van der Waals surface area contributed by atoms with Crippen molar-refractivity contribution >= 4 is 27.5 Å². The highest BCUT2D eigenvalue weighted by atomic mass is 32.2. The lowest BCUT2D eigenvalue weighted by molar-refractivity contribution is -0.129. The standard InChI is InChI=1S/C20H32N4O6S/c1-19(2,3)31(27,28)23-13-20(22-11-17(29-5)30-6)14-9-7-8-10-15(14)24(18(20)26)12-16(25)21-4/h7-10,17,22-23H,11-13H2,1-6H3,(H,21,25). The molecule has 1 atom stereocenters. The Labute approximate surface area is 183 Å². The summed E-state index contributed by atoms with van der Waals surface area (Å²) in [6.45, 7) is 4.39. The molecular weight excluding hydrogens is 424 g/mol. The van der Waals surface area contributed by atoms with Crippen molar-refractivity contribution in [3.8, 4) is 0 Å². The lowest BCUT2D eigenvalue weighted by Gasteiger charge is -2.32. The van der Waals surface area contributed by atoms with E-state index in [1.807, 2.05) is 0 Å². The summed E-state index contributed by atoms with van der Waals surface area (Å²) < 4.78 is 37.5. The second kappa shape index (κ2) is 9.61. The van der Waals surface area contributed by atoms with Crippen molar-refractivity contribution in [3.63, 3.8) is 0 Å². The first-order valence-corrected chi connectivity index (χ1v) is 11.3. The van der Waals surface area contributed by atoms with E-state index in [-0.39, 0.29) is 25.5 Å². The molecule has 0 radical (unpaired) electrons. The van der Waals surface area contributed by atoms with Crippen LogP contribution in [0.1, 0.15) is 26.3 Å². The number of benzene rings is 1. The number of sulfonamides is 1. The summed E-state index contributed by atoms with van der Waals surface area (Å²) in [5.41, 5.74) is -0.352.